The summed E-state index contributed by atoms with van der Waals surface area (Å²) in [6.45, 7) is 6.11. The van der Waals surface area contributed by atoms with E-state index < -0.39 is 0 Å². The predicted octanol–water partition coefficient (Wildman–Crippen LogP) is 1.20. The van der Waals surface area contributed by atoms with E-state index in [4.69, 9.17) is 5.84 Å². The van der Waals surface area contributed by atoms with Crippen LogP contribution in [0.5, 0.6) is 0 Å². The van der Waals surface area contributed by atoms with Crippen LogP contribution in [-0.2, 0) is 0 Å². The Bertz CT molecular complexity index is 456. The van der Waals surface area contributed by atoms with Crippen LogP contribution in [0.25, 0.3) is 0 Å². The third-order valence-corrected chi connectivity index (χ3v) is 3.18. The SMILES string of the molecule is Cc1cc(C(=O)NC2CC2(C)C)cc(NN)n1. The topological polar surface area (TPSA) is 80.0 Å². The molecule has 0 aliphatic heterocycles. The van der Waals surface area contributed by atoms with Crippen LogP contribution in [0, 0.1) is 12.3 Å². The van der Waals surface area contributed by atoms with Gasteiger partial charge in [-0.15, -0.1) is 0 Å². The quantitative estimate of drug-likeness (QED) is 0.542. The van der Waals surface area contributed by atoms with Crippen LogP contribution in [-0.4, -0.2) is 16.9 Å². The van der Waals surface area contributed by atoms with E-state index in [0.717, 1.165) is 12.1 Å². The van der Waals surface area contributed by atoms with Gasteiger partial charge in [0.1, 0.15) is 5.82 Å². The van der Waals surface area contributed by atoms with Crippen molar-refractivity contribution in [2.45, 2.75) is 33.2 Å². The lowest BCUT2D eigenvalue weighted by atomic mass is 10.1. The molecule has 0 saturated heterocycles. The number of amides is 1. The van der Waals surface area contributed by atoms with Crippen LogP contribution in [0.3, 0.4) is 0 Å². The fourth-order valence-corrected chi connectivity index (χ4v) is 1.83. The average Bonchev–Trinajstić information content (AvgIpc) is 2.85. The Labute approximate surface area is 101 Å². The number of nitrogens with one attached hydrogen (secondary N) is 2. The zero-order valence-corrected chi connectivity index (χ0v) is 10.4. The van der Waals surface area contributed by atoms with Crippen molar-refractivity contribution in [2.24, 2.45) is 11.3 Å². The summed E-state index contributed by atoms with van der Waals surface area (Å²) in [7, 11) is 0. The number of hydrogen-bond donors (Lipinski definition) is 3. The Morgan fingerprint density at radius 3 is 2.71 bits per heavy atom. The molecule has 5 nitrogen and oxygen atoms in total. The molecule has 0 spiro atoms. The summed E-state index contributed by atoms with van der Waals surface area (Å²) in [6.07, 6.45) is 1.03. The Morgan fingerprint density at radius 1 is 1.53 bits per heavy atom. The molecular formula is C12H18N4O. The van der Waals surface area contributed by atoms with E-state index >= 15 is 0 Å². The lowest BCUT2D eigenvalue weighted by Gasteiger charge is -2.08. The number of hydrazine groups is 1. The third kappa shape index (κ3) is 2.55. The number of nitrogens with two attached hydrogens (primary N) is 1. The number of nitrogen functional groups attached to an aromatic ring is 1. The highest BCUT2D eigenvalue weighted by atomic mass is 16.1. The maximum Gasteiger partial charge on any atom is 0.251 e. The molecule has 0 bridgehead atoms. The van der Waals surface area contributed by atoms with Gasteiger partial charge in [-0.1, -0.05) is 13.8 Å². The molecule has 1 aromatic heterocycles. The number of aryl methyl sites for hydroxylation is 1. The van der Waals surface area contributed by atoms with Crippen molar-refractivity contribution in [2.75, 3.05) is 5.43 Å². The number of anilines is 1. The van der Waals surface area contributed by atoms with Crippen LogP contribution in [0.1, 0.15) is 36.3 Å². The summed E-state index contributed by atoms with van der Waals surface area (Å²) in [5, 5.41) is 3.00. The second kappa shape index (κ2) is 4.00. The number of aromatic nitrogens is 1. The van der Waals surface area contributed by atoms with Crippen molar-refractivity contribution < 1.29 is 4.79 Å². The van der Waals surface area contributed by atoms with Gasteiger partial charge < -0.3 is 10.7 Å². The van der Waals surface area contributed by atoms with Crippen LogP contribution in [0.4, 0.5) is 5.82 Å². The maximum atomic E-state index is 12.0. The smallest absolute Gasteiger partial charge is 0.251 e. The van der Waals surface area contributed by atoms with Crippen molar-refractivity contribution in [1.82, 2.24) is 10.3 Å². The molecule has 1 heterocycles. The molecule has 4 N–H and O–H groups in total. The minimum absolute atomic E-state index is 0.0671. The van der Waals surface area contributed by atoms with Gasteiger partial charge >= 0.3 is 0 Å². The van der Waals surface area contributed by atoms with Gasteiger partial charge in [0, 0.05) is 17.3 Å². The van der Waals surface area contributed by atoms with Gasteiger partial charge in [-0.25, -0.2) is 10.8 Å². The fourth-order valence-electron chi connectivity index (χ4n) is 1.83. The average molecular weight is 234 g/mol. The third-order valence-electron chi connectivity index (χ3n) is 3.18. The number of carbonyl (C=O) groups excluding carboxylic acids is 1. The van der Waals surface area contributed by atoms with E-state index in [2.05, 4.69) is 29.6 Å². The lowest BCUT2D eigenvalue weighted by Crippen LogP contribution is -2.28. The highest BCUT2D eigenvalue weighted by molar-refractivity contribution is 5.95. The second-order valence-electron chi connectivity index (χ2n) is 5.25. The summed E-state index contributed by atoms with van der Waals surface area (Å²) in [4.78, 5) is 16.1. The van der Waals surface area contributed by atoms with E-state index in [1.165, 1.54) is 0 Å². The molecule has 1 aromatic rings. The van der Waals surface area contributed by atoms with Crippen molar-refractivity contribution in [3.63, 3.8) is 0 Å². The van der Waals surface area contributed by atoms with E-state index in [9.17, 15) is 4.79 Å². The van der Waals surface area contributed by atoms with Gasteiger partial charge in [0.05, 0.1) is 0 Å². The molecule has 1 aliphatic rings. The molecule has 0 radical (unpaired) electrons. The standard InChI is InChI=1S/C12H18N4O/c1-7-4-8(5-10(14-7)16-13)11(17)15-9-6-12(9,2)3/h4-5,9H,6,13H2,1-3H3,(H,14,16)(H,15,17). The highest BCUT2D eigenvalue weighted by Crippen LogP contribution is 2.44. The van der Waals surface area contributed by atoms with Gasteiger partial charge in [-0.2, -0.15) is 0 Å². The zero-order chi connectivity index (χ0) is 12.6. The van der Waals surface area contributed by atoms with E-state index in [0.29, 0.717) is 11.4 Å². The molecule has 1 aliphatic carbocycles. The summed E-state index contributed by atoms with van der Waals surface area (Å²) in [5.41, 5.74) is 4.04. The minimum Gasteiger partial charge on any atom is -0.349 e. The first kappa shape index (κ1) is 11.9. The van der Waals surface area contributed by atoms with Crippen LogP contribution >= 0.6 is 0 Å². The van der Waals surface area contributed by atoms with Crippen molar-refractivity contribution in [3.8, 4) is 0 Å². The fraction of sp³-hybridized carbons (Fsp3) is 0.500. The zero-order valence-electron chi connectivity index (χ0n) is 10.4. The summed E-state index contributed by atoms with van der Waals surface area (Å²) in [6, 6.07) is 3.68. The van der Waals surface area contributed by atoms with Crippen LogP contribution in [0.2, 0.25) is 0 Å². The van der Waals surface area contributed by atoms with Crippen molar-refractivity contribution >= 4 is 11.7 Å². The lowest BCUT2D eigenvalue weighted by molar-refractivity contribution is 0.0946. The normalized spacial score (nSPS) is 20.8. The first-order chi connectivity index (χ1) is 7.92. The van der Waals surface area contributed by atoms with Crippen LogP contribution < -0.4 is 16.6 Å². The van der Waals surface area contributed by atoms with Gasteiger partial charge in [-0.05, 0) is 30.9 Å². The molecule has 92 valence electrons. The van der Waals surface area contributed by atoms with Crippen molar-refractivity contribution in [1.29, 1.82) is 0 Å². The van der Waals surface area contributed by atoms with Gasteiger partial charge in [-0.3, -0.25) is 4.79 Å². The predicted molar refractivity (Wildman–Crippen MR) is 66.4 cm³/mol. The molecule has 17 heavy (non-hydrogen) atoms. The molecular weight excluding hydrogens is 216 g/mol. The number of carbonyl (C=O) groups is 1. The monoisotopic (exact) mass is 234 g/mol. The van der Waals surface area contributed by atoms with Gasteiger partial charge in [0.25, 0.3) is 5.91 Å². The molecule has 0 aromatic carbocycles. The molecule has 1 atom stereocenters. The van der Waals surface area contributed by atoms with Gasteiger partial charge in [0.2, 0.25) is 0 Å². The van der Waals surface area contributed by atoms with E-state index in [1.54, 1.807) is 12.1 Å². The van der Waals surface area contributed by atoms with Crippen LogP contribution in [0.15, 0.2) is 12.1 Å². The molecule has 1 saturated carbocycles. The summed E-state index contributed by atoms with van der Waals surface area (Å²) in [5.74, 6) is 5.74. The Morgan fingerprint density at radius 2 is 2.18 bits per heavy atom. The summed E-state index contributed by atoms with van der Waals surface area (Å²) >= 11 is 0. The highest BCUT2D eigenvalue weighted by Gasteiger charge is 2.46. The first-order valence-electron chi connectivity index (χ1n) is 5.68. The largest absolute Gasteiger partial charge is 0.349 e. The molecule has 5 heteroatoms. The number of rotatable bonds is 3. The molecule has 1 fully saturated rings. The van der Waals surface area contributed by atoms with Gasteiger partial charge in [0.15, 0.2) is 0 Å². The Hall–Kier alpha value is -1.62. The first-order valence-corrected chi connectivity index (χ1v) is 5.68. The number of pyridine rings is 1. The van der Waals surface area contributed by atoms with Crippen molar-refractivity contribution in [3.05, 3.63) is 23.4 Å². The second-order valence-corrected chi connectivity index (χ2v) is 5.25. The molecule has 1 unspecified atom stereocenters. The minimum atomic E-state index is -0.0671. The molecule has 1 amide bonds. The van der Waals surface area contributed by atoms with E-state index in [-0.39, 0.29) is 17.4 Å². The Balaban J connectivity index is 2.11. The summed E-state index contributed by atoms with van der Waals surface area (Å²) < 4.78 is 0. The Kier molecular flexibility index (Phi) is 2.79. The molecule has 2 rings (SSSR count). The van der Waals surface area contributed by atoms with E-state index in [1.807, 2.05) is 6.92 Å². The number of hydrogen-bond acceptors (Lipinski definition) is 4. The maximum absolute atomic E-state index is 12.0. The number of nitrogens with zero attached hydrogens (tertiary/aromatic N) is 1.